The number of allylic oxidation sites excluding steroid dienone is 1. The van der Waals surface area contributed by atoms with E-state index >= 15 is 0 Å². The van der Waals surface area contributed by atoms with Gasteiger partial charge in [0.05, 0.1) is 29.3 Å². The molecule has 0 amide bonds. The summed E-state index contributed by atoms with van der Waals surface area (Å²) in [7, 11) is -0.818. The van der Waals surface area contributed by atoms with E-state index in [0.29, 0.717) is 12.4 Å². The summed E-state index contributed by atoms with van der Waals surface area (Å²) in [5.74, 6) is 0.642. The second-order valence-corrected chi connectivity index (χ2v) is 5.98. The highest BCUT2D eigenvalue weighted by Crippen LogP contribution is 2.27. The minimum atomic E-state index is -0.818. The molecule has 3 heteroatoms. The van der Waals surface area contributed by atoms with Crippen molar-refractivity contribution < 1.29 is 8.95 Å². The van der Waals surface area contributed by atoms with E-state index in [9.17, 15) is 4.21 Å². The minimum absolute atomic E-state index is 0.0922. The molecular formula is C10H18O2S. The lowest BCUT2D eigenvalue weighted by atomic mass is 9.90. The quantitative estimate of drug-likeness (QED) is 0.601. The number of ether oxygens (including phenoxy) is 1. The molecule has 1 rings (SSSR count). The lowest BCUT2D eigenvalue weighted by Gasteiger charge is -2.34. The van der Waals surface area contributed by atoms with Gasteiger partial charge in [-0.2, -0.15) is 0 Å². The third-order valence-corrected chi connectivity index (χ3v) is 3.85. The molecule has 1 aliphatic rings. The van der Waals surface area contributed by atoms with Crippen molar-refractivity contribution in [1.29, 1.82) is 0 Å². The minimum Gasteiger partial charge on any atom is -0.371 e. The van der Waals surface area contributed by atoms with Crippen molar-refractivity contribution in [3.63, 3.8) is 0 Å². The summed E-state index contributed by atoms with van der Waals surface area (Å²) in [6.07, 6.45) is 2.02. The SMILES string of the molecule is C/C=C1\CO[C@H](C(C)(C)C)C[S@]1=O. The molecule has 0 spiro atoms. The van der Waals surface area contributed by atoms with Crippen molar-refractivity contribution >= 4 is 10.8 Å². The summed E-state index contributed by atoms with van der Waals surface area (Å²) in [5, 5.41) is 0. The molecule has 13 heavy (non-hydrogen) atoms. The zero-order valence-electron chi connectivity index (χ0n) is 8.79. The average Bonchev–Trinajstić information content (AvgIpc) is 2.02. The molecule has 0 radical (unpaired) electrons. The predicted molar refractivity (Wildman–Crippen MR) is 56.0 cm³/mol. The molecule has 76 valence electrons. The standard InChI is InChI=1S/C10H18O2S/c1-5-8-6-12-9(7-13(8)11)10(2,3)4/h5,9H,6-7H2,1-4H3/b8-5+/t9-,13+/m0/s1. The van der Waals surface area contributed by atoms with E-state index in [4.69, 9.17) is 4.74 Å². The molecule has 2 atom stereocenters. The summed E-state index contributed by atoms with van der Waals surface area (Å²) in [6.45, 7) is 8.81. The molecular weight excluding hydrogens is 184 g/mol. The fourth-order valence-electron chi connectivity index (χ4n) is 1.26. The van der Waals surface area contributed by atoms with Crippen LogP contribution in [0.25, 0.3) is 0 Å². The maximum absolute atomic E-state index is 11.6. The zero-order valence-corrected chi connectivity index (χ0v) is 9.61. The smallest absolute Gasteiger partial charge is 0.0801 e. The van der Waals surface area contributed by atoms with Crippen molar-refractivity contribution in [3.05, 3.63) is 11.0 Å². The van der Waals surface area contributed by atoms with E-state index in [0.717, 1.165) is 4.91 Å². The molecule has 2 nitrogen and oxygen atoms in total. The Morgan fingerprint density at radius 3 is 2.54 bits per heavy atom. The molecule has 1 heterocycles. The van der Waals surface area contributed by atoms with Gasteiger partial charge in [0.25, 0.3) is 0 Å². The lowest BCUT2D eigenvalue weighted by molar-refractivity contribution is 0.00772. The molecule has 0 aromatic carbocycles. The Morgan fingerprint density at radius 1 is 1.54 bits per heavy atom. The van der Waals surface area contributed by atoms with Crippen LogP contribution in [-0.4, -0.2) is 22.7 Å². The highest BCUT2D eigenvalue weighted by molar-refractivity contribution is 7.89. The largest absolute Gasteiger partial charge is 0.371 e. The Hall–Kier alpha value is -0.150. The summed E-state index contributed by atoms with van der Waals surface area (Å²) >= 11 is 0. The van der Waals surface area contributed by atoms with Crippen molar-refractivity contribution in [2.24, 2.45) is 5.41 Å². The number of rotatable bonds is 0. The van der Waals surface area contributed by atoms with Gasteiger partial charge in [-0.25, -0.2) is 0 Å². The first-order chi connectivity index (χ1) is 5.95. The van der Waals surface area contributed by atoms with Crippen LogP contribution in [0.3, 0.4) is 0 Å². The van der Waals surface area contributed by atoms with E-state index in [1.165, 1.54) is 0 Å². The Bertz CT molecular complexity index is 238. The summed E-state index contributed by atoms with van der Waals surface area (Å²) in [4.78, 5) is 0.931. The normalized spacial score (nSPS) is 33.7. The van der Waals surface area contributed by atoms with E-state index in [1.807, 2.05) is 13.0 Å². The van der Waals surface area contributed by atoms with Crippen LogP contribution in [-0.2, 0) is 15.5 Å². The third kappa shape index (κ3) is 2.64. The van der Waals surface area contributed by atoms with Crippen LogP contribution in [0.5, 0.6) is 0 Å². The van der Waals surface area contributed by atoms with E-state index in [1.54, 1.807) is 0 Å². The van der Waals surface area contributed by atoms with Crippen LogP contribution in [0.4, 0.5) is 0 Å². The van der Waals surface area contributed by atoms with Crippen molar-refractivity contribution in [3.8, 4) is 0 Å². The number of hydrogen-bond acceptors (Lipinski definition) is 2. The van der Waals surface area contributed by atoms with Gasteiger partial charge in [0.2, 0.25) is 0 Å². The van der Waals surface area contributed by atoms with Gasteiger partial charge in [-0.05, 0) is 12.3 Å². The van der Waals surface area contributed by atoms with Crippen LogP contribution in [0.15, 0.2) is 11.0 Å². The second kappa shape index (κ2) is 3.93. The van der Waals surface area contributed by atoms with Gasteiger partial charge in [-0.3, -0.25) is 4.21 Å². The zero-order chi connectivity index (χ0) is 10.1. The van der Waals surface area contributed by atoms with E-state index < -0.39 is 10.8 Å². The van der Waals surface area contributed by atoms with Gasteiger partial charge >= 0.3 is 0 Å². The van der Waals surface area contributed by atoms with Gasteiger partial charge in [-0.15, -0.1) is 0 Å². The Morgan fingerprint density at radius 2 is 2.15 bits per heavy atom. The molecule has 0 N–H and O–H groups in total. The molecule has 0 aromatic heterocycles. The molecule has 1 fully saturated rings. The molecule has 0 aliphatic carbocycles. The second-order valence-electron chi connectivity index (χ2n) is 4.43. The van der Waals surface area contributed by atoms with Crippen molar-refractivity contribution in [2.45, 2.75) is 33.8 Å². The van der Waals surface area contributed by atoms with Crippen molar-refractivity contribution in [1.82, 2.24) is 0 Å². The Balaban J connectivity index is 2.67. The lowest BCUT2D eigenvalue weighted by Crippen LogP contribution is -2.39. The predicted octanol–water partition coefficient (Wildman–Crippen LogP) is 2.08. The highest BCUT2D eigenvalue weighted by Gasteiger charge is 2.31. The third-order valence-electron chi connectivity index (χ3n) is 2.31. The van der Waals surface area contributed by atoms with Gasteiger partial charge in [0.15, 0.2) is 0 Å². The summed E-state index contributed by atoms with van der Waals surface area (Å²) in [6, 6.07) is 0. The molecule has 0 unspecified atom stereocenters. The first kappa shape index (κ1) is 10.9. The van der Waals surface area contributed by atoms with Gasteiger partial charge in [-0.1, -0.05) is 26.8 Å². The average molecular weight is 202 g/mol. The molecule has 0 bridgehead atoms. The fraction of sp³-hybridized carbons (Fsp3) is 0.800. The fourth-order valence-corrected chi connectivity index (χ4v) is 2.80. The molecule has 1 saturated heterocycles. The maximum Gasteiger partial charge on any atom is 0.0801 e. The topological polar surface area (TPSA) is 26.3 Å². The summed E-state index contributed by atoms with van der Waals surface area (Å²) in [5.41, 5.74) is 0.0922. The van der Waals surface area contributed by atoms with E-state index in [2.05, 4.69) is 20.8 Å². The van der Waals surface area contributed by atoms with Gasteiger partial charge in [0.1, 0.15) is 0 Å². The number of hydrogen-bond donors (Lipinski definition) is 0. The maximum atomic E-state index is 11.6. The van der Waals surface area contributed by atoms with Crippen LogP contribution in [0.2, 0.25) is 0 Å². The monoisotopic (exact) mass is 202 g/mol. The van der Waals surface area contributed by atoms with Crippen LogP contribution in [0.1, 0.15) is 27.7 Å². The van der Waals surface area contributed by atoms with E-state index in [-0.39, 0.29) is 11.5 Å². The molecule has 1 aliphatic heterocycles. The first-order valence-corrected chi connectivity index (χ1v) is 5.92. The van der Waals surface area contributed by atoms with Crippen LogP contribution >= 0.6 is 0 Å². The summed E-state index contributed by atoms with van der Waals surface area (Å²) < 4.78 is 17.3. The Kier molecular flexibility index (Phi) is 3.30. The van der Waals surface area contributed by atoms with Crippen LogP contribution in [0, 0.1) is 5.41 Å². The molecule has 0 saturated carbocycles. The molecule has 0 aromatic rings. The Labute approximate surface area is 82.8 Å². The first-order valence-electron chi connectivity index (χ1n) is 4.60. The van der Waals surface area contributed by atoms with Gasteiger partial charge < -0.3 is 4.74 Å². The van der Waals surface area contributed by atoms with Crippen molar-refractivity contribution in [2.75, 3.05) is 12.4 Å². The van der Waals surface area contributed by atoms with Crippen LogP contribution < -0.4 is 0 Å². The highest BCUT2D eigenvalue weighted by atomic mass is 32.2. The van der Waals surface area contributed by atoms with Gasteiger partial charge in [0, 0.05) is 4.91 Å².